The smallest absolute Gasteiger partial charge is 0.112 e. The Labute approximate surface area is 104 Å². The maximum Gasteiger partial charge on any atom is 0.112 e. The lowest BCUT2D eigenvalue weighted by Crippen LogP contribution is -2.51. The van der Waals surface area contributed by atoms with Crippen LogP contribution >= 0.6 is 0 Å². The fourth-order valence-electron chi connectivity index (χ4n) is 2.01. The van der Waals surface area contributed by atoms with Gasteiger partial charge < -0.3 is 0 Å². The van der Waals surface area contributed by atoms with Crippen molar-refractivity contribution in [2.45, 2.75) is 45.9 Å². The lowest BCUT2D eigenvalue weighted by molar-refractivity contribution is -0.0894. The molecule has 0 spiro atoms. The van der Waals surface area contributed by atoms with Crippen LogP contribution in [0.1, 0.15) is 39.4 Å². The van der Waals surface area contributed by atoms with Crippen LogP contribution in [-0.4, -0.2) is 22.3 Å². The number of hydrazine groups is 3. The summed E-state index contributed by atoms with van der Waals surface area (Å²) >= 11 is 0. The molecule has 0 unspecified atom stereocenters. The fourth-order valence-corrected chi connectivity index (χ4v) is 2.01. The first-order valence-electron chi connectivity index (χ1n) is 6.25. The highest BCUT2D eigenvalue weighted by molar-refractivity contribution is 5.18. The minimum atomic E-state index is 0.154. The van der Waals surface area contributed by atoms with E-state index in [4.69, 9.17) is 0 Å². The number of rotatable bonds is 3. The van der Waals surface area contributed by atoms with Gasteiger partial charge in [-0.15, -0.1) is 0 Å². The van der Waals surface area contributed by atoms with Gasteiger partial charge in [0.05, 0.1) is 0 Å². The predicted molar refractivity (Wildman–Crippen MR) is 69.4 cm³/mol. The Hall–Kier alpha value is -0.940. The van der Waals surface area contributed by atoms with Gasteiger partial charge in [0.25, 0.3) is 0 Å². The molecule has 94 valence electrons. The maximum atomic E-state index is 3.49. The lowest BCUT2D eigenvalue weighted by Gasteiger charge is -2.31. The third-order valence-corrected chi connectivity index (χ3v) is 2.87. The molecule has 4 nitrogen and oxygen atoms in total. The van der Waals surface area contributed by atoms with Crippen molar-refractivity contribution >= 4 is 0 Å². The first kappa shape index (κ1) is 12.5. The monoisotopic (exact) mass is 234 g/mol. The normalized spacial score (nSPS) is 19.6. The third-order valence-electron chi connectivity index (χ3n) is 2.87. The van der Waals surface area contributed by atoms with Crippen molar-refractivity contribution in [2.75, 3.05) is 0 Å². The Kier molecular flexibility index (Phi) is 3.79. The standard InChI is InChI=1S/C13H22N4/c1-10(2)16-14-13(15-17(16)11(3)4)12-8-6-5-7-9-12/h5-11,13-15H,1-4H3. The Bertz CT molecular complexity index is 334. The number of benzene rings is 1. The van der Waals surface area contributed by atoms with Crippen molar-refractivity contribution in [1.82, 2.24) is 21.1 Å². The van der Waals surface area contributed by atoms with Gasteiger partial charge in [-0.2, -0.15) is 10.2 Å². The molecule has 17 heavy (non-hydrogen) atoms. The van der Waals surface area contributed by atoms with Crippen LogP contribution in [0.3, 0.4) is 0 Å². The molecule has 4 heteroatoms. The topological polar surface area (TPSA) is 30.5 Å². The zero-order valence-corrected chi connectivity index (χ0v) is 11.0. The summed E-state index contributed by atoms with van der Waals surface area (Å²) in [5.41, 5.74) is 8.22. The SMILES string of the molecule is CC(C)N1NC(c2ccccc2)NN1C(C)C. The van der Waals surface area contributed by atoms with Crippen molar-refractivity contribution in [3.8, 4) is 0 Å². The highest BCUT2D eigenvalue weighted by Crippen LogP contribution is 2.20. The van der Waals surface area contributed by atoms with Crippen molar-refractivity contribution in [3.05, 3.63) is 35.9 Å². The molecule has 1 aromatic carbocycles. The van der Waals surface area contributed by atoms with Crippen LogP contribution in [0.2, 0.25) is 0 Å². The molecule has 0 saturated carbocycles. The van der Waals surface area contributed by atoms with Gasteiger partial charge in [-0.05, 0) is 33.3 Å². The molecule has 2 rings (SSSR count). The predicted octanol–water partition coefficient (Wildman–Crippen LogP) is 2.04. The van der Waals surface area contributed by atoms with E-state index in [1.165, 1.54) is 5.56 Å². The largest absolute Gasteiger partial charge is 0.217 e. The van der Waals surface area contributed by atoms with Crippen LogP contribution in [0.15, 0.2) is 30.3 Å². The molecule has 1 saturated heterocycles. The highest BCUT2D eigenvalue weighted by Gasteiger charge is 2.32. The molecule has 2 N–H and O–H groups in total. The van der Waals surface area contributed by atoms with E-state index in [0.717, 1.165) is 0 Å². The van der Waals surface area contributed by atoms with Gasteiger partial charge >= 0.3 is 0 Å². The van der Waals surface area contributed by atoms with Gasteiger partial charge in [0.1, 0.15) is 6.17 Å². The second-order valence-corrected chi connectivity index (χ2v) is 4.98. The zero-order valence-electron chi connectivity index (χ0n) is 11.0. The number of hydrogen-bond donors (Lipinski definition) is 2. The van der Waals surface area contributed by atoms with Gasteiger partial charge in [-0.3, -0.25) is 0 Å². The van der Waals surface area contributed by atoms with Gasteiger partial charge in [-0.1, -0.05) is 30.3 Å². The van der Waals surface area contributed by atoms with Crippen molar-refractivity contribution in [2.24, 2.45) is 0 Å². The van der Waals surface area contributed by atoms with E-state index in [2.05, 4.69) is 73.0 Å². The summed E-state index contributed by atoms with van der Waals surface area (Å²) in [6.45, 7) is 8.71. The van der Waals surface area contributed by atoms with E-state index < -0.39 is 0 Å². The first-order valence-corrected chi connectivity index (χ1v) is 6.25. The average Bonchev–Trinajstić information content (AvgIpc) is 2.75. The Morgan fingerprint density at radius 3 is 1.76 bits per heavy atom. The minimum Gasteiger partial charge on any atom is -0.217 e. The number of hydrogen-bond acceptors (Lipinski definition) is 4. The molecule has 0 aliphatic carbocycles. The summed E-state index contributed by atoms with van der Waals surface area (Å²) in [6, 6.07) is 11.3. The molecule has 0 bridgehead atoms. The molecule has 1 aliphatic heterocycles. The molecule has 0 radical (unpaired) electrons. The fraction of sp³-hybridized carbons (Fsp3) is 0.538. The highest BCUT2D eigenvalue weighted by atomic mass is 16.0. The lowest BCUT2D eigenvalue weighted by atomic mass is 10.2. The van der Waals surface area contributed by atoms with Gasteiger partial charge in [0, 0.05) is 12.1 Å². The summed E-state index contributed by atoms with van der Waals surface area (Å²) in [5.74, 6) is 0. The van der Waals surface area contributed by atoms with Crippen molar-refractivity contribution in [3.63, 3.8) is 0 Å². The minimum absolute atomic E-state index is 0.154. The van der Waals surface area contributed by atoms with Crippen molar-refractivity contribution in [1.29, 1.82) is 0 Å². The second-order valence-electron chi connectivity index (χ2n) is 4.98. The van der Waals surface area contributed by atoms with Gasteiger partial charge in [0.15, 0.2) is 0 Å². The Balaban J connectivity index is 2.14. The van der Waals surface area contributed by atoms with E-state index in [1.807, 2.05) is 6.07 Å². The van der Waals surface area contributed by atoms with E-state index in [-0.39, 0.29) is 6.17 Å². The number of nitrogens with one attached hydrogen (secondary N) is 2. The summed E-state index contributed by atoms with van der Waals surface area (Å²) in [7, 11) is 0. The molecule has 1 fully saturated rings. The van der Waals surface area contributed by atoms with E-state index in [0.29, 0.717) is 12.1 Å². The van der Waals surface area contributed by atoms with Gasteiger partial charge in [0.2, 0.25) is 0 Å². The van der Waals surface area contributed by atoms with E-state index in [9.17, 15) is 0 Å². The summed E-state index contributed by atoms with van der Waals surface area (Å²) in [4.78, 5) is 0. The molecule has 1 aliphatic rings. The van der Waals surface area contributed by atoms with Crippen LogP contribution in [0.25, 0.3) is 0 Å². The molecule has 0 atom stereocenters. The first-order chi connectivity index (χ1) is 8.09. The van der Waals surface area contributed by atoms with Gasteiger partial charge in [-0.25, -0.2) is 10.9 Å². The number of nitrogens with zero attached hydrogens (tertiary/aromatic N) is 2. The van der Waals surface area contributed by atoms with Crippen LogP contribution < -0.4 is 10.9 Å². The summed E-state index contributed by atoms with van der Waals surface area (Å²) in [5, 5.41) is 4.31. The molecule has 0 amide bonds. The van der Waals surface area contributed by atoms with Crippen molar-refractivity contribution < 1.29 is 0 Å². The quantitative estimate of drug-likeness (QED) is 0.838. The van der Waals surface area contributed by atoms with E-state index >= 15 is 0 Å². The van der Waals surface area contributed by atoms with Crippen LogP contribution in [0, 0.1) is 0 Å². The maximum absolute atomic E-state index is 3.49. The Morgan fingerprint density at radius 1 is 0.882 bits per heavy atom. The molecular weight excluding hydrogens is 212 g/mol. The molecule has 0 aromatic heterocycles. The van der Waals surface area contributed by atoms with Crippen LogP contribution in [0.4, 0.5) is 0 Å². The zero-order chi connectivity index (χ0) is 12.4. The molecular formula is C13H22N4. The Morgan fingerprint density at radius 2 is 1.35 bits per heavy atom. The van der Waals surface area contributed by atoms with Crippen LogP contribution in [-0.2, 0) is 0 Å². The average molecular weight is 234 g/mol. The van der Waals surface area contributed by atoms with Crippen LogP contribution in [0.5, 0.6) is 0 Å². The second kappa shape index (κ2) is 5.14. The molecule has 1 aromatic rings. The summed E-state index contributed by atoms with van der Waals surface area (Å²) in [6.07, 6.45) is 0.154. The summed E-state index contributed by atoms with van der Waals surface area (Å²) < 4.78 is 0. The molecule has 1 heterocycles. The van der Waals surface area contributed by atoms with E-state index in [1.54, 1.807) is 0 Å². The third kappa shape index (κ3) is 2.66.